The van der Waals surface area contributed by atoms with E-state index in [0.29, 0.717) is 5.02 Å². The Kier molecular flexibility index (Phi) is 1.89. The zero-order chi connectivity index (χ0) is 9.42. The molecule has 13 heavy (non-hydrogen) atoms. The van der Waals surface area contributed by atoms with E-state index in [1.807, 2.05) is 31.2 Å². The molecule has 0 radical (unpaired) electrons. The molecule has 0 aliphatic heterocycles. The van der Waals surface area contributed by atoms with Crippen LogP contribution in [0, 0.1) is 6.92 Å². The van der Waals surface area contributed by atoms with Crippen LogP contribution in [0.15, 0.2) is 30.3 Å². The lowest BCUT2D eigenvalue weighted by Crippen LogP contribution is -1.71. The molecular weight excluding hydrogens is 184 g/mol. The van der Waals surface area contributed by atoms with Gasteiger partial charge in [0, 0.05) is 5.56 Å². The maximum atomic E-state index is 9.42. The Morgan fingerprint density at radius 1 is 1.15 bits per heavy atom. The van der Waals surface area contributed by atoms with Crippen molar-refractivity contribution in [3.05, 3.63) is 40.9 Å². The van der Waals surface area contributed by atoms with Gasteiger partial charge in [0.1, 0.15) is 5.75 Å². The maximum Gasteiger partial charge on any atom is 0.135 e. The quantitative estimate of drug-likeness (QED) is 0.678. The highest BCUT2D eigenvalue weighted by molar-refractivity contribution is 6.35. The maximum absolute atomic E-state index is 9.42. The van der Waals surface area contributed by atoms with Crippen LogP contribution in [0.5, 0.6) is 5.75 Å². The number of rotatable bonds is 0. The van der Waals surface area contributed by atoms with Crippen LogP contribution >= 0.6 is 11.6 Å². The number of hydrogen-bond donors (Lipinski definition) is 1. The fraction of sp³-hybridized carbons (Fsp3) is 0.0909. The summed E-state index contributed by atoms with van der Waals surface area (Å²) in [6, 6.07) is 9.48. The molecule has 0 heterocycles. The molecule has 2 aliphatic rings. The first-order valence-electron chi connectivity index (χ1n) is 4.07. The monoisotopic (exact) mass is 192 g/mol. The van der Waals surface area contributed by atoms with Gasteiger partial charge in [0.15, 0.2) is 0 Å². The van der Waals surface area contributed by atoms with E-state index in [-0.39, 0.29) is 5.75 Å². The van der Waals surface area contributed by atoms with E-state index in [9.17, 15) is 5.11 Å². The molecule has 2 aliphatic carbocycles. The summed E-state index contributed by atoms with van der Waals surface area (Å²) >= 11 is 5.92. The lowest BCUT2D eigenvalue weighted by molar-refractivity contribution is 0.478. The van der Waals surface area contributed by atoms with Crippen LogP contribution in [0.4, 0.5) is 0 Å². The molecule has 2 rings (SSSR count). The predicted octanol–water partition coefficient (Wildman–Crippen LogP) is 3.46. The Bertz CT molecular complexity index is 423. The highest BCUT2D eigenvalue weighted by Gasteiger charge is 2.13. The SMILES string of the molecule is Cc1ccccc2c(Cl)c(O)cc1-2. The van der Waals surface area contributed by atoms with Gasteiger partial charge in [-0.3, -0.25) is 0 Å². The van der Waals surface area contributed by atoms with Gasteiger partial charge in [-0.25, -0.2) is 0 Å². The summed E-state index contributed by atoms with van der Waals surface area (Å²) in [7, 11) is 0. The highest BCUT2D eigenvalue weighted by atomic mass is 35.5. The third-order valence-electron chi connectivity index (χ3n) is 2.18. The third kappa shape index (κ3) is 1.25. The molecule has 0 aromatic carbocycles. The van der Waals surface area contributed by atoms with Crippen molar-refractivity contribution in [2.24, 2.45) is 0 Å². The second kappa shape index (κ2) is 2.93. The van der Waals surface area contributed by atoms with E-state index in [4.69, 9.17) is 11.6 Å². The van der Waals surface area contributed by atoms with Crippen molar-refractivity contribution in [2.75, 3.05) is 0 Å². The van der Waals surface area contributed by atoms with Crippen LogP contribution in [-0.4, -0.2) is 5.11 Å². The molecule has 0 bridgehead atoms. The zero-order valence-corrected chi connectivity index (χ0v) is 7.97. The fourth-order valence-corrected chi connectivity index (χ4v) is 1.68. The average molecular weight is 193 g/mol. The van der Waals surface area contributed by atoms with Gasteiger partial charge in [-0.1, -0.05) is 35.9 Å². The van der Waals surface area contributed by atoms with Crippen molar-refractivity contribution in [3.8, 4) is 16.9 Å². The summed E-state index contributed by atoms with van der Waals surface area (Å²) in [5.74, 6) is 0.158. The number of hydrogen-bond acceptors (Lipinski definition) is 1. The number of aryl methyl sites for hydroxylation is 1. The Morgan fingerprint density at radius 3 is 2.62 bits per heavy atom. The molecule has 0 saturated carbocycles. The zero-order valence-electron chi connectivity index (χ0n) is 7.21. The van der Waals surface area contributed by atoms with Crippen molar-refractivity contribution < 1.29 is 5.11 Å². The lowest BCUT2D eigenvalue weighted by Gasteiger charge is -1.95. The number of aromatic hydroxyl groups is 1. The Morgan fingerprint density at radius 2 is 1.85 bits per heavy atom. The molecule has 0 spiro atoms. The molecular formula is C11H9ClO. The first-order chi connectivity index (χ1) is 6.20. The molecule has 66 valence electrons. The van der Waals surface area contributed by atoms with Gasteiger partial charge in [-0.15, -0.1) is 0 Å². The van der Waals surface area contributed by atoms with Crippen molar-refractivity contribution in [3.63, 3.8) is 0 Å². The minimum Gasteiger partial charge on any atom is -0.506 e. The van der Waals surface area contributed by atoms with Crippen molar-refractivity contribution in [2.45, 2.75) is 6.92 Å². The topological polar surface area (TPSA) is 20.2 Å². The molecule has 1 nitrogen and oxygen atoms in total. The van der Waals surface area contributed by atoms with Crippen molar-refractivity contribution >= 4 is 11.6 Å². The Hall–Kier alpha value is -1.21. The smallest absolute Gasteiger partial charge is 0.135 e. The summed E-state index contributed by atoms with van der Waals surface area (Å²) < 4.78 is 0. The van der Waals surface area contributed by atoms with Crippen molar-refractivity contribution in [1.82, 2.24) is 0 Å². The van der Waals surface area contributed by atoms with E-state index in [1.165, 1.54) is 0 Å². The number of fused-ring (bicyclic) bond motifs is 1. The van der Waals surface area contributed by atoms with Crippen LogP contribution in [0.25, 0.3) is 11.1 Å². The minimum absolute atomic E-state index is 0.158. The lowest BCUT2D eigenvalue weighted by atomic mass is 10.1. The summed E-state index contributed by atoms with van der Waals surface area (Å²) in [6.07, 6.45) is 0. The van der Waals surface area contributed by atoms with E-state index in [0.717, 1.165) is 16.7 Å². The summed E-state index contributed by atoms with van der Waals surface area (Å²) in [5.41, 5.74) is 3.02. The van der Waals surface area contributed by atoms with Gasteiger partial charge in [0.05, 0.1) is 5.02 Å². The Labute approximate surface area is 81.9 Å². The van der Waals surface area contributed by atoms with Crippen LogP contribution in [0.1, 0.15) is 5.56 Å². The molecule has 1 N–H and O–H groups in total. The summed E-state index contributed by atoms with van der Waals surface area (Å²) in [6.45, 7) is 2.00. The molecule has 0 fully saturated rings. The van der Waals surface area contributed by atoms with Gasteiger partial charge in [0.25, 0.3) is 0 Å². The average Bonchev–Trinajstić information content (AvgIpc) is 2.30. The molecule has 0 aromatic heterocycles. The van der Waals surface area contributed by atoms with E-state index < -0.39 is 0 Å². The fourth-order valence-electron chi connectivity index (χ4n) is 1.46. The van der Waals surface area contributed by atoms with Gasteiger partial charge >= 0.3 is 0 Å². The summed E-state index contributed by atoms with van der Waals surface area (Å²) in [4.78, 5) is 0. The molecule has 0 amide bonds. The van der Waals surface area contributed by atoms with Crippen LogP contribution < -0.4 is 0 Å². The second-order valence-electron chi connectivity index (χ2n) is 3.07. The second-order valence-corrected chi connectivity index (χ2v) is 3.45. The molecule has 0 atom stereocenters. The van der Waals surface area contributed by atoms with Gasteiger partial charge < -0.3 is 5.11 Å². The van der Waals surface area contributed by atoms with E-state index >= 15 is 0 Å². The standard InChI is InChI=1S/C11H9ClO/c1-7-4-2-3-5-8-9(7)6-10(13)11(8)12/h2-6,13H,1H3. The van der Waals surface area contributed by atoms with Crippen LogP contribution in [0.3, 0.4) is 0 Å². The molecule has 0 saturated heterocycles. The minimum atomic E-state index is 0.158. The van der Waals surface area contributed by atoms with Crippen LogP contribution in [-0.2, 0) is 0 Å². The normalized spacial score (nSPS) is 10.6. The predicted molar refractivity (Wildman–Crippen MR) is 54.5 cm³/mol. The van der Waals surface area contributed by atoms with Crippen molar-refractivity contribution in [1.29, 1.82) is 0 Å². The van der Waals surface area contributed by atoms with Gasteiger partial charge in [-0.2, -0.15) is 0 Å². The van der Waals surface area contributed by atoms with E-state index in [1.54, 1.807) is 6.07 Å². The number of halogens is 1. The van der Waals surface area contributed by atoms with Crippen LogP contribution in [0.2, 0.25) is 5.02 Å². The molecule has 0 unspecified atom stereocenters. The molecule has 0 aromatic rings. The van der Waals surface area contributed by atoms with Gasteiger partial charge in [0.2, 0.25) is 0 Å². The van der Waals surface area contributed by atoms with Gasteiger partial charge in [-0.05, 0) is 24.1 Å². The third-order valence-corrected chi connectivity index (χ3v) is 2.57. The Balaban J connectivity index is 2.84. The first-order valence-corrected chi connectivity index (χ1v) is 4.45. The molecule has 2 heteroatoms. The highest BCUT2D eigenvalue weighted by Crippen LogP contribution is 2.40. The largest absolute Gasteiger partial charge is 0.506 e. The summed E-state index contributed by atoms with van der Waals surface area (Å²) in [5, 5.41) is 9.86. The van der Waals surface area contributed by atoms with E-state index in [2.05, 4.69) is 0 Å². The first kappa shape index (κ1) is 8.39.